The van der Waals surface area contributed by atoms with Crippen molar-refractivity contribution in [2.75, 3.05) is 13.2 Å². The highest BCUT2D eigenvalue weighted by atomic mass is 16.5. The number of carboxylic acid groups (broad SMARTS) is 1. The van der Waals surface area contributed by atoms with E-state index in [0.717, 1.165) is 11.3 Å². The van der Waals surface area contributed by atoms with E-state index in [1.165, 1.54) is 0 Å². The fourth-order valence-corrected chi connectivity index (χ4v) is 1.51. The Morgan fingerprint density at radius 2 is 1.95 bits per heavy atom. The highest BCUT2D eigenvalue weighted by Crippen LogP contribution is 2.11. The minimum atomic E-state index is -1.25. The topological polar surface area (TPSA) is 95.9 Å². The molecular formula is C14H19NO5. The van der Waals surface area contributed by atoms with Crippen molar-refractivity contribution < 1.29 is 24.5 Å². The smallest absolute Gasteiger partial charge is 0.328 e. The van der Waals surface area contributed by atoms with Gasteiger partial charge in [-0.1, -0.05) is 17.7 Å². The molecule has 3 N–H and O–H groups in total. The van der Waals surface area contributed by atoms with Gasteiger partial charge in [-0.15, -0.1) is 0 Å². The first-order valence-corrected chi connectivity index (χ1v) is 6.35. The second kappa shape index (κ2) is 8.16. The fourth-order valence-electron chi connectivity index (χ4n) is 1.51. The molecule has 0 radical (unpaired) electrons. The summed E-state index contributed by atoms with van der Waals surface area (Å²) in [6.07, 6.45) is 0.618. The molecule has 0 bridgehead atoms. The number of carboxylic acids is 1. The van der Waals surface area contributed by atoms with E-state index < -0.39 is 24.5 Å². The van der Waals surface area contributed by atoms with Gasteiger partial charge in [-0.2, -0.15) is 0 Å². The number of carbonyl (C=O) groups excluding carboxylic acids is 1. The Morgan fingerprint density at radius 3 is 2.50 bits per heavy atom. The highest BCUT2D eigenvalue weighted by molar-refractivity contribution is 5.83. The monoisotopic (exact) mass is 281 g/mol. The molecule has 0 saturated heterocycles. The van der Waals surface area contributed by atoms with Gasteiger partial charge in [0.2, 0.25) is 5.91 Å². The molecule has 0 fully saturated rings. The SMILES string of the molecule is Cc1ccc(OCCCC(=O)NC(CO)C(=O)O)cc1. The van der Waals surface area contributed by atoms with Gasteiger partial charge in [0.15, 0.2) is 0 Å². The standard InChI is InChI=1S/C14H19NO5/c1-10-4-6-11(7-5-10)20-8-2-3-13(17)15-12(9-16)14(18)19/h4-7,12,16H,2-3,8-9H2,1H3,(H,15,17)(H,18,19). The van der Waals surface area contributed by atoms with E-state index in [9.17, 15) is 9.59 Å². The van der Waals surface area contributed by atoms with Crippen molar-refractivity contribution >= 4 is 11.9 Å². The van der Waals surface area contributed by atoms with Crippen molar-refractivity contribution in [2.24, 2.45) is 0 Å². The number of hydrogen-bond donors (Lipinski definition) is 3. The number of benzene rings is 1. The predicted molar refractivity (Wildman–Crippen MR) is 72.6 cm³/mol. The summed E-state index contributed by atoms with van der Waals surface area (Å²) < 4.78 is 5.44. The van der Waals surface area contributed by atoms with Gasteiger partial charge in [0.25, 0.3) is 0 Å². The Hall–Kier alpha value is -2.08. The minimum Gasteiger partial charge on any atom is -0.494 e. The molecular weight excluding hydrogens is 262 g/mol. The number of aliphatic carboxylic acids is 1. The molecule has 1 unspecified atom stereocenters. The normalized spacial score (nSPS) is 11.7. The van der Waals surface area contributed by atoms with Crippen LogP contribution in [0.15, 0.2) is 24.3 Å². The molecule has 110 valence electrons. The molecule has 0 aliphatic heterocycles. The van der Waals surface area contributed by atoms with Crippen LogP contribution in [-0.2, 0) is 9.59 Å². The molecule has 1 atom stereocenters. The van der Waals surface area contributed by atoms with Crippen molar-refractivity contribution in [1.29, 1.82) is 0 Å². The number of rotatable bonds is 8. The van der Waals surface area contributed by atoms with E-state index in [1.807, 2.05) is 31.2 Å². The number of ether oxygens (including phenoxy) is 1. The van der Waals surface area contributed by atoms with E-state index >= 15 is 0 Å². The van der Waals surface area contributed by atoms with Crippen molar-refractivity contribution in [2.45, 2.75) is 25.8 Å². The Morgan fingerprint density at radius 1 is 1.30 bits per heavy atom. The molecule has 0 saturated carbocycles. The van der Waals surface area contributed by atoms with Crippen molar-refractivity contribution in [3.8, 4) is 5.75 Å². The van der Waals surface area contributed by atoms with Crippen LogP contribution in [0.1, 0.15) is 18.4 Å². The molecule has 6 nitrogen and oxygen atoms in total. The van der Waals surface area contributed by atoms with Crippen LogP contribution in [0.5, 0.6) is 5.75 Å². The van der Waals surface area contributed by atoms with Crippen molar-refractivity contribution in [3.05, 3.63) is 29.8 Å². The maximum absolute atomic E-state index is 11.4. The summed E-state index contributed by atoms with van der Waals surface area (Å²) in [5, 5.41) is 19.7. The fraction of sp³-hybridized carbons (Fsp3) is 0.429. The maximum Gasteiger partial charge on any atom is 0.328 e. The van der Waals surface area contributed by atoms with E-state index in [1.54, 1.807) is 0 Å². The number of aliphatic hydroxyl groups is 1. The molecule has 0 aromatic heterocycles. The van der Waals surface area contributed by atoms with Gasteiger partial charge in [0.05, 0.1) is 13.2 Å². The number of carbonyl (C=O) groups is 2. The number of aryl methyl sites for hydroxylation is 1. The molecule has 0 aliphatic rings. The second-order valence-corrected chi connectivity index (χ2v) is 4.41. The third-order valence-corrected chi connectivity index (χ3v) is 2.65. The Balaban J connectivity index is 2.22. The van der Waals surface area contributed by atoms with Gasteiger partial charge in [0.1, 0.15) is 11.8 Å². The number of nitrogens with one attached hydrogen (secondary N) is 1. The maximum atomic E-state index is 11.4. The summed E-state index contributed by atoms with van der Waals surface area (Å²) in [6.45, 7) is 1.72. The van der Waals surface area contributed by atoms with Gasteiger partial charge >= 0.3 is 5.97 Å². The first kappa shape index (κ1) is 16.0. The number of amides is 1. The van der Waals surface area contributed by atoms with Crippen LogP contribution in [0.25, 0.3) is 0 Å². The second-order valence-electron chi connectivity index (χ2n) is 4.41. The average Bonchev–Trinajstić information content (AvgIpc) is 2.42. The van der Waals surface area contributed by atoms with Gasteiger partial charge < -0.3 is 20.3 Å². The zero-order valence-electron chi connectivity index (χ0n) is 11.3. The van der Waals surface area contributed by atoms with E-state index in [4.69, 9.17) is 14.9 Å². The minimum absolute atomic E-state index is 0.148. The molecule has 6 heteroatoms. The molecule has 1 amide bonds. The lowest BCUT2D eigenvalue weighted by Crippen LogP contribution is -2.43. The van der Waals surface area contributed by atoms with Gasteiger partial charge in [-0.25, -0.2) is 4.79 Å². The van der Waals surface area contributed by atoms with Crippen molar-refractivity contribution in [3.63, 3.8) is 0 Å². The number of aliphatic hydroxyl groups excluding tert-OH is 1. The Labute approximate surface area is 117 Å². The molecule has 1 rings (SSSR count). The van der Waals surface area contributed by atoms with E-state index in [0.29, 0.717) is 13.0 Å². The lowest BCUT2D eigenvalue weighted by molar-refractivity contribution is -0.142. The molecule has 0 aliphatic carbocycles. The summed E-state index contributed by atoms with van der Waals surface area (Å²) in [7, 11) is 0. The summed E-state index contributed by atoms with van der Waals surface area (Å²) >= 11 is 0. The highest BCUT2D eigenvalue weighted by Gasteiger charge is 2.18. The predicted octanol–water partition coefficient (Wildman–Crippen LogP) is 0.716. The van der Waals surface area contributed by atoms with Crippen LogP contribution < -0.4 is 10.1 Å². The molecule has 20 heavy (non-hydrogen) atoms. The zero-order chi connectivity index (χ0) is 15.0. The van der Waals surface area contributed by atoms with Crippen LogP contribution in [0.2, 0.25) is 0 Å². The molecule has 0 spiro atoms. The lowest BCUT2D eigenvalue weighted by Gasteiger charge is -2.11. The third-order valence-electron chi connectivity index (χ3n) is 2.65. The summed E-state index contributed by atoms with van der Waals surface area (Å²) in [5.74, 6) is -0.939. The van der Waals surface area contributed by atoms with Crippen molar-refractivity contribution in [1.82, 2.24) is 5.32 Å². The summed E-state index contributed by atoms with van der Waals surface area (Å²) in [5.41, 5.74) is 1.14. The van der Waals surface area contributed by atoms with Gasteiger partial charge in [-0.3, -0.25) is 4.79 Å². The van der Waals surface area contributed by atoms with Gasteiger partial charge in [0, 0.05) is 6.42 Å². The van der Waals surface area contributed by atoms with Crippen LogP contribution in [0.4, 0.5) is 0 Å². The quantitative estimate of drug-likeness (QED) is 0.610. The first-order valence-electron chi connectivity index (χ1n) is 6.35. The van der Waals surface area contributed by atoms with E-state index in [-0.39, 0.29) is 6.42 Å². The zero-order valence-corrected chi connectivity index (χ0v) is 11.3. The van der Waals surface area contributed by atoms with Crippen LogP contribution in [0, 0.1) is 6.92 Å². The van der Waals surface area contributed by atoms with Crippen LogP contribution in [0.3, 0.4) is 0 Å². The van der Waals surface area contributed by atoms with E-state index in [2.05, 4.69) is 5.32 Å². The largest absolute Gasteiger partial charge is 0.494 e. The first-order chi connectivity index (χ1) is 9.52. The summed E-state index contributed by atoms with van der Waals surface area (Å²) in [4.78, 5) is 22.0. The molecule has 1 aromatic carbocycles. The van der Waals surface area contributed by atoms with Gasteiger partial charge in [-0.05, 0) is 25.5 Å². The molecule has 1 aromatic rings. The summed E-state index contributed by atoms with van der Waals surface area (Å²) in [6, 6.07) is 6.31. The average molecular weight is 281 g/mol. The Bertz CT molecular complexity index is 443. The van der Waals surface area contributed by atoms with Crippen LogP contribution in [-0.4, -0.2) is 41.3 Å². The lowest BCUT2D eigenvalue weighted by atomic mass is 10.2. The molecule has 0 heterocycles. The Kier molecular flexibility index (Phi) is 6.52. The van der Waals surface area contributed by atoms with Crippen LogP contribution >= 0.6 is 0 Å². The third kappa shape index (κ3) is 5.71. The number of hydrogen-bond acceptors (Lipinski definition) is 4.